The Morgan fingerprint density at radius 3 is 1.46 bits per heavy atom. The van der Waals surface area contributed by atoms with Gasteiger partial charge in [0.15, 0.2) is 11.6 Å². The Bertz CT molecular complexity index is 930. The van der Waals surface area contributed by atoms with Gasteiger partial charge in [0.25, 0.3) is 0 Å². The van der Waals surface area contributed by atoms with Gasteiger partial charge in [0.05, 0.1) is 22.3 Å². The summed E-state index contributed by atoms with van der Waals surface area (Å²) in [5.74, 6) is -10.2. The second-order valence-corrected chi connectivity index (χ2v) is 4.95. The van der Waals surface area contributed by atoms with E-state index in [-0.39, 0.29) is 0 Å². The van der Waals surface area contributed by atoms with Gasteiger partial charge in [-0.1, -0.05) is 6.07 Å². The lowest BCUT2D eigenvalue weighted by Crippen LogP contribution is -2.18. The molecule has 0 saturated heterocycles. The maximum absolute atomic E-state index is 13.5. The maximum Gasteiger partial charge on any atom is 0.337 e. The molecular weight excluding hydrogens is 358 g/mol. The molecule has 0 heterocycles. The van der Waals surface area contributed by atoms with Gasteiger partial charge in [-0.3, -0.25) is 0 Å². The van der Waals surface area contributed by atoms with Gasteiger partial charge >= 0.3 is 23.9 Å². The van der Waals surface area contributed by atoms with Crippen LogP contribution in [0.5, 0.6) is 0 Å². The molecule has 0 unspecified atom stereocenters. The zero-order valence-corrected chi connectivity index (χ0v) is 12.5. The van der Waals surface area contributed by atoms with Crippen LogP contribution in [0.2, 0.25) is 0 Å². The lowest BCUT2D eigenvalue weighted by atomic mass is 9.87. The van der Waals surface area contributed by atoms with E-state index in [2.05, 4.69) is 0 Å². The predicted octanol–water partition coefficient (Wildman–Crippen LogP) is 2.42. The molecular formula is C16H8F2O8. The Morgan fingerprint density at radius 2 is 1.12 bits per heavy atom. The van der Waals surface area contributed by atoms with Crippen molar-refractivity contribution in [1.82, 2.24) is 0 Å². The SMILES string of the molecule is O=C(O)c1cc(C(=O)O)c(C(=O)O)c(-c2ccc(F)c(F)c2)c1C(=O)O. The molecule has 0 atom stereocenters. The molecule has 2 aromatic rings. The highest BCUT2D eigenvalue weighted by atomic mass is 19.2. The first-order valence-corrected chi connectivity index (χ1v) is 6.65. The van der Waals surface area contributed by atoms with Crippen molar-refractivity contribution < 1.29 is 48.4 Å². The van der Waals surface area contributed by atoms with E-state index in [1.807, 2.05) is 0 Å². The number of aromatic carboxylic acids is 4. The van der Waals surface area contributed by atoms with Gasteiger partial charge in [-0.25, -0.2) is 28.0 Å². The standard InChI is InChI=1S/C16H8F2O8/c17-8-2-1-5(3-9(8)18)10-11(15(23)24)6(13(19)20)4-7(14(21)22)12(10)16(25)26/h1-4H,(H,19,20)(H,21,22)(H,23,24)(H,25,26). The molecule has 134 valence electrons. The molecule has 8 nitrogen and oxygen atoms in total. The quantitative estimate of drug-likeness (QED) is 0.630. The van der Waals surface area contributed by atoms with Crippen molar-refractivity contribution in [3.63, 3.8) is 0 Å². The molecule has 4 N–H and O–H groups in total. The monoisotopic (exact) mass is 366 g/mol. The van der Waals surface area contributed by atoms with E-state index in [0.29, 0.717) is 18.2 Å². The van der Waals surface area contributed by atoms with Gasteiger partial charge < -0.3 is 20.4 Å². The van der Waals surface area contributed by atoms with Crippen molar-refractivity contribution >= 4 is 23.9 Å². The van der Waals surface area contributed by atoms with Crippen molar-refractivity contribution in [2.45, 2.75) is 0 Å². The van der Waals surface area contributed by atoms with Crippen LogP contribution in [0, 0.1) is 11.6 Å². The van der Waals surface area contributed by atoms with Gasteiger partial charge in [-0.2, -0.15) is 0 Å². The second-order valence-electron chi connectivity index (χ2n) is 4.95. The fourth-order valence-electron chi connectivity index (χ4n) is 2.40. The zero-order chi connectivity index (χ0) is 19.8. The Kier molecular flexibility index (Phi) is 4.69. The highest BCUT2D eigenvalue weighted by Gasteiger charge is 2.32. The number of rotatable bonds is 5. The number of halogens is 2. The third-order valence-corrected chi connectivity index (χ3v) is 3.42. The van der Waals surface area contributed by atoms with Crippen LogP contribution in [-0.2, 0) is 0 Å². The summed E-state index contributed by atoms with van der Waals surface area (Å²) in [6, 6.07) is 2.21. The Morgan fingerprint density at radius 1 is 0.654 bits per heavy atom. The molecule has 0 radical (unpaired) electrons. The lowest BCUT2D eigenvalue weighted by molar-refractivity contribution is 0.0638. The van der Waals surface area contributed by atoms with E-state index in [4.69, 9.17) is 0 Å². The smallest absolute Gasteiger partial charge is 0.337 e. The molecule has 0 saturated carbocycles. The molecule has 0 spiro atoms. The summed E-state index contributed by atoms with van der Waals surface area (Å²) < 4.78 is 26.7. The van der Waals surface area contributed by atoms with Crippen molar-refractivity contribution in [3.05, 3.63) is 58.2 Å². The average molecular weight is 366 g/mol. The van der Waals surface area contributed by atoms with Crippen molar-refractivity contribution in [1.29, 1.82) is 0 Å². The molecule has 0 aliphatic carbocycles. The van der Waals surface area contributed by atoms with Crippen LogP contribution >= 0.6 is 0 Å². The molecule has 0 amide bonds. The van der Waals surface area contributed by atoms with Crippen LogP contribution in [0.25, 0.3) is 11.1 Å². The van der Waals surface area contributed by atoms with Crippen LogP contribution in [0.3, 0.4) is 0 Å². The van der Waals surface area contributed by atoms with Gasteiger partial charge in [-0.15, -0.1) is 0 Å². The largest absolute Gasteiger partial charge is 0.478 e. The van der Waals surface area contributed by atoms with Gasteiger partial charge in [0, 0.05) is 5.56 Å². The first kappa shape index (κ1) is 18.5. The Labute approximate surface area is 142 Å². The molecule has 0 aliphatic rings. The van der Waals surface area contributed by atoms with Crippen molar-refractivity contribution in [2.75, 3.05) is 0 Å². The van der Waals surface area contributed by atoms with E-state index >= 15 is 0 Å². The summed E-state index contributed by atoms with van der Waals surface area (Å²) >= 11 is 0. The number of carbonyl (C=O) groups is 4. The number of hydrogen-bond acceptors (Lipinski definition) is 4. The lowest BCUT2D eigenvalue weighted by Gasteiger charge is -2.15. The fraction of sp³-hybridized carbons (Fsp3) is 0. The number of hydrogen-bond donors (Lipinski definition) is 4. The number of carboxylic acid groups (broad SMARTS) is 4. The van der Waals surface area contributed by atoms with Gasteiger partial charge in [-0.05, 0) is 23.8 Å². The normalized spacial score (nSPS) is 10.4. The minimum Gasteiger partial charge on any atom is -0.478 e. The van der Waals surface area contributed by atoms with Crippen LogP contribution in [0.15, 0.2) is 24.3 Å². The van der Waals surface area contributed by atoms with Gasteiger partial charge in [0.1, 0.15) is 0 Å². The minimum atomic E-state index is -1.89. The molecule has 0 aromatic heterocycles. The highest BCUT2D eigenvalue weighted by Crippen LogP contribution is 2.34. The topological polar surface area (TPSA) is 149 Å². The Hall–Kier alpha value is -3.82. The van der Waals surface area contributed by atoms with E-state index < -0.39 is 68.9 Å². The summed E-state index contributed by atoms with van der Waals surface area (Å²) in [5, 5.41) is 37.1. The average Bonchev–Trinajstić information content (AvgIpc) is 2.54. The highest BCUT2D eigenvalue weighted by molar-refractivity contribution is 6.15. The maximum atomic E-state index is 13.5. The predicted molar refractivity (Wildman–Crippen MR) is 79.6 cm³/mol. The van der Waals surface area contributed by atoms with Gasteiger partial charge in [0.2, 0.25) is 0 Å². The van der Waals surface area contributed by atoms with E-state index in [1.54, 1.807) is 0 Å². The van der Waals surface area contributed by atoms with E-state index in [0.717, 1.165) is 6.07 Å². The molecule has 0 bridgehead atoms. The molecule has 2 rings (SSSR count). The summed E-state index contributed by atoms with van der Waals surface area (Å²) in [7, 11) is 0. The van der Waals surface area contributed by atoms with Crippen molar-refractivity contribution in [2.24, 2.45) is 0 Å². The summed E-state index contributed by atoms with van der Waals surface area (Å²) in [6.07, 6.45) is 0. The minimum absolute atomic E-state index is 0.390. The van der Waals surface area contributed by atoms with Crippen molar-refractivity contribution in [3.8, 4) is 11.1 Å². The van der Waals surface area contributed by atoms with Crippen LogP contribution < -0.4 is 0 Å². The molecule has 10 heteroatoms. The first-order chi connectivity index (χ1) is 12.1. The molecule has 2 aromatic carbocycles. The molecule has 0 fully saturated rings. The summed E-state index contributed by atoms with van der Waals surface area (Å²) in [5.41, 5.74) is -5.53. The third-order valence-electron chi connectivity index (χ3n) is 3.42. The van der Waals surface area contributed by atoms with Crippen LogP contribution in [0.1, 0.15) is 41.4 Å². The van der Waals surface area contributed by atoms with E-state index in [9.17, 15) is 48.4 Å². The number of carboxylic acids is 4. The second kappa shape index (κ2) is 6.59. The first-order valence-electron chi connectivity index (χ1n) is 6.65. The third kappa shape index (κ3) is 3.07. The summed E-state index contributed by atoms with van der Waals surface area (Å²) in [4.78, 5) is 45.8. The van der Waals surface area contributed by atoms with Crippen LogP contribution in [0.4, 0.5) is 8.78 Å². The summed E-state index contributed by atoms with van der Waals surface area (Å²) in [6.45, 7) is 0. The molecule has 0 aliphatic heterocycles. The van der Waals surface area contributed by atoms with E-state index in [1.165, 1.54) is 0 Å². The fourth-order valence-corrected chi connectivity index (χ4v) is 2.40. The molecule has 26 heavy (non-hydrogen) atoms. The Balaban J connectivity index is 3.13. The number of benzene rings is 2. The van der Waals surface area contributed by atoms with Crippen LogP contribution in [-0.4, -0.2) is 44.3 Å². The zero-order valence-electron chi connectivity index (χ0n) is 12.5.